The zero-order valence-electron chi connectivity index (χ0n) is 13.0. The van der Waals surface area contributed by atoms with Crippen molar-refractivity contribution in [1.29, 1.82) is 0 Å². The smallest absolute Gasteiger partial charge is 0.312 e. The van der Waals surface area contributed by atoms with Crippen molar-refractivity contribution in [2.24, 2.45) is 0 Å². The average Bonchev–Trinajstić information content (AvgIpc) is 2.92. The molecule has 0 aliphatic rings. The summed E-state index contributed by atoms with van der Waals surface area (Å²) in [6.07, 6.45) is 0. The van der Waals surface area contributed by atoms with Crippen LogP contribution in [0.2, 0.25) is 0 Å². The molecule has 1 atom stereocenters. The molecule has 0 spiro atoms. The second kappa shape index (κ2) is 4.94. The van der Waals surface area contributed by atoms with Crippen molar-refractivity contribution in [2.45, 2.75) is 53.0 Å². The molecule has 0 bridgehead atoms. The van der Waals surface area contributed by atoms with Gasteiger partial charge in [-0.2, -0.15) is 10.1 Å². The Morgan fingerprint density at radius 3 is 2.38 bits per heavy atom. The third-order valence-electron chi connectivity index (χ3n) is 3.31. The van der Waals surface area contributed by atoms with E-state index in [0.717, 1.165) is 0 Å². The standard InChI is InChI=1S/C13H19N5O3/c1-7-10(18(19)20)8(2)17(15-7)9(3)11-14-12(16-21-11)13(4,5)6/h9H,1-6H3/t9-/m0/s1. The van der Waals surface area contributed by atoms with Crippen LogP contribution in [0.5, 0.6) is 0 Å². The highest BCUT2D eigenvalue weighted by molar-refractivity contribution is 5.40. The van der Waals surface area contributed by atoms with Crippen LogP contribution in [0.25, 0.3) is 0 Å². The van der Waals surface area contributed by atoms with E-state index in [4.69, 9.17) is 4.52 Å². The lowest BCUT2D eigenvalue weighted by atomic mass is 9.96. The van der Waals surface area contributed by atoms with Crippen LogP contribution >= 0.6 is 0 Å². The van der Waals surface area contributed by atoms with Crippen LogP contribution in [0.15, 0.2) is 4.52 Å². The molecule has 2 aromatic heterocycles. The predicted molar refractivity (Wildman–Crippen MR) is 75.2 cm³/mol. The second-order valence-corrected chi connectivity index (χ2v) is 6.10. The normalized spacial score (nSPS) is 13.4. The first-order chi connectivity index (χ1) is 9.62. The highest BCUT2D eigenvalue weighted by Gasteiger charge is 2.28. The average molecular weight is 293 g/mol. The van der Waals surface area contributed by atoms with Gasteiger partial charge in [0.25, 0.3) is 5.89 Å². The van der Waals surface area contributed by atoms with Crippen LogP contribution in [0, 0.1) is 24.0 Å². The van der Waals surface area contributed by atoms with Crippen molar-refractivity contribution < 1.29 is 9.45 Å². The lowest BCUT2D eigenvalue weighted by Gasteiger charge is -2.11. The van der Waals surface area contributed by atoms with Gasteiger partial charge in [0.1, 0.15) is 17.4 Å². The zero-order chi connectivity index (χ0) is 15.9. The second-order valence-electron chi connectivity index (χ2n) is 6.10. The molecule has 2 aromatic rings. The van der Waals surface area contributed by atoms with Crippen molar-refractivity contribution in [3.8, 4) is 0 Å². The van der Waals surface area contributed by atoms with Crippen LogP contribution in [0.1, 0.15) is 56.8 Å². The van der Waals surface area contributed by atoms with Crippen LogP contribution in [-0.2, 0) is 5.41 Å². The fraction of sp³-hybridized carbons (Fsp3) is 0.615. The van der Waals surface area contributed by atoms with E-state index in [1.54, 1.807) is 18.5 Å². The lowest BCUT2D eigenvalue weighted by Crippen LogP contribution is -2.15. The quantitative estimate of drug-likeness (QED) is 0.637. The van der Waals surface area contributed by atoms with E-state index in [1.807, 2.05) is 27.7 Å². The van der Waals surface area contributed by atoms with Crippen molar-refractivity contribution >= 4 is 5.69 Å². The topological polar surface area (TPSA) is 99.9 Å². The maximum absolute atomic E-state index is 11.1. The fourth-order valence-corrected chi connectivity index (χ4v) is 2.11. The molecule has 0 saturated heterocycles. The Kier molecular flexibility index (Phi) is 3.56. The minimum absolute atomic E-state index is 0.0254. The van der Waals surface area contributed by atoms with Gasteiger partial charge in [-0.3, -0.25) is 14.8 Å². The first-order valence-corrected chi connectivity index (χ1v) is 6.67. The minimum atomic E-state index is -0.421. The van der Waals surface area contributed by atoms with E-state index in [2.05, 4.69) is 15.2 Å². The van der Waals surface area contributed by atoms with Crippen molar-refractivity contribution in [2.75, 3.05) is 0 Å². The molecule has 0 N–H and O–H groups in total. The largest absolute Gasteiger partial charge is 0.337 e. The molecule has 0 radical (unpaired) electrons. The van der Waals surface area contributed by atoms with Crippen LogP contribution < -0.4 is 0 Å². The van der Waals surface area contributed by atoms with Crippen LogP contribution in [0.4, 0.5) is 5.69 Å². The van der Waals surface area contributed by atoms with Crippen molar-refractivity contribution in [3.05, 3.63) is 33.2 Å². The predicted octanol–water partition coefficient (Wildman–Crippen LogP) is 2.70. The molecule has 8 nitrogen and oxygen atoms in total. The van der Waals surface area contributed by atoms with Gasteiger partial charge in [0.05, 0.1) is 4.92 Å². The molecule has 2 heterocycles. The molecule has 114 valence electrons. The summed E-state index contributed by atoms with van der Waals surface area (Å²) in [6, 6.07) is -0.360. The number of nitrogens with zero attached hydrogens (tertiary/aromatic N) is 5. The summed E-state index contributed by atoms with van der Waals surface area (Å²) in [6.45, 7) is 11.1. The van der Waals surface area contributed by atoms with Gasteiger partial charge in [-0.15, -0.1) is 0 Å². The number of hydrogen-bond acceptors (Lipinski definition) is 6. The molecule has 0 aromatic carbocycles. The number of aryl methyl sites for hydroxylation is 1. The highest BCUT2D eigenvalue weighted by Crippen LogP contribution is 2.28. The molecule has 2 rings (SSSR count). The molecular formula is C13H19N5O3. The summed E-state index contributed by atoms with van der Waals surface area (Å²) >= 11 is 0. The molecule has 0 aliphatic carbocycles. The molecule has 0 aliphatic heterocycles. The maximum atomic E-state index is 11.1. The fourth-order valence-electron chi connectivity index (χ4n) is 2.11. The first-order valence-electron chi connectivity index (χ1n) is 6.67. The van der Waals surface area contributed by atoms with E-state index in [9.17, 15) is 10.1 Å². The number of aromatic nitrogens is 4. The monoisotopic (exact) mass is 293 g/mol. The third kappa shape index (κ3) is 2.65. The number of nitro groups is 1. The van der Waals surface area contributed by atoms with Crippen LogP contribution in [0.3, 0.4) is 0 Å². The molecule has 0 saturated carbocycles. The van der Waals surface area contributed by atoms with Gasteiger partial charge in [0, 0.05) is 5.41 Å². The highest BCUT2D eigenvalue weighted by atomic mass is 16.6. The van der Waals surface area contributed by atoms with Gasteiger partial charge >= 0.3 is 5.69 Å². The summed E-state index contributed by atoms with van der Waals surface area (Å²) in [4.78, 5) is 15.0. The van der Waals surface area contributed by atoms with Gasteiger partial charge < -0.3 is 4.52 Å². The van der Waals surface area contributed by atoms with Gasteiger partial charge in [0.15, 0.2) is 5.82 Å². The lowest BCUT2D eigenvalue weighted by molar-refractivity contribution is -0.386. The van der Waals surface area contributed by atoms with E-state index in [1.165, 1.54) is 0 Å². The summed E-state index contributed by atoms with van der Waals surface area (Å²) in [5.74, 6) is 0.987. The van der Waals surface area contributed by atoms with Crippen molar-refractivity contribution in [3.63, 3.8) is 0 Å². The zero-order valence-corrected chi connectivity index (χ0v) is 13.0. The Morgan fingerprint density at radius 2 is 1.95 bits per heavy atom. The SMILES string of the molecule is Cc1nn([C@@H](C)c2nc(C(C)(C)C)no2)c(C)c1[N+](=O)[O-]. The van der Waals surface area contributed by atoms with Gasteiger partial charge in [-0.1, -0.05) is 25.9 Å². The Hall–Kier alpha value is -2.25. The van der Waals surface area contributed by atoms with Gasteiger partial charge in [-0.25, -0.2) is 0 Å². The summed E-state index contributed by atoms with van der Waals surface area (Å²) in [5, 5.41) is 19.2. The molecule has 0 unspecified atom stereocenters. The molecule has 8 heteroatoms. The molecular weight excluding hydrogens is 274 g/mol. The van der Waals surface area contributed by atoms with E-state index >= 15 is 0 Å². The van der Waals surface area contributed by atoms with Gasteiger partial charge in [-0.05, 0) is 20.8 Å². The maximum Gasteiger partial charge on any atom is 0.312 e. The Morgan fingerprint density at radius 1 is 1.33 bits per heavy atom. The first kappa shape index (κ1) is 15.1. The molecule has 0 fully saturated rings. The van der Waals surface area contributed by atoms with E-state index in [0.29, 0.717) is 23.1 Å². The minimum Gasteiger partial charge on any atom is -0.337 e. The van der Waals surface area contributed by atoms with Gasteiger partial charge in [0.2, 0.25) is 0 Å². The molecule has 0 amide bonds. The summed E-state index contributed by atoms with van der Waals surface area (Å²) in [5.41, 5.74) is 0.653. The Balaban J connectivity index is 2.41. The Labute approximate surface area is 122 Å². The summed E-state index contributed by atoms with van der Waals surface area (Å²) in [7, 11) is 0. The van der Waals surface area contributed by atoms with Crippen molar-refractivity contribution in [1.82, 2.24) is 19.9 Å². The third-order valence-corrected chi connectivity index (χ3v) is 3.31. The number of rotatable bonds is 3. The van der Waals surface area contributed by atoms with E-state index in [-0.39, 0.29) is 17.1 Å². The van der Waals surface area contributed by atoms with E-state index < -0.39 is 4.92 Å². The summed E-state index contributed by atoms with van der Waals surface area (Å²) < 4.78 is 6.83. The van der Waals surface area contributed by atoms with Crippen LogP contribution in [-0.4, -0.2) is 24.8 Å². The number of hydrogen-bond donors (Lipinski definition) is 0. The Bertz CT molecular complexity index is 681. The molecule has 21 heavy (non-hydrogen) atoms.